The van der Waals surface area contributed by atoms with Crippen LogP contribution < -0.4 is 4.74 Å². The fourth-order valence-electron chi connectivity index (χ4n) is 3.12. The van der Waals surface area contributed by atoms with Crippen LogP contribution in [0.1, 0.15) is 30.4 Å². The van der Waals surface area contributed by atoms with E-state index in [2.05, 4.69) is 18.2 Å². The number of carbonyl (C=O) groups excluding carboxylic acids is 1. The number of carboxylic acid groups (broad SMARTS) is 1. The maximum Gasteiger partial charge on any atom is 0.306 e. The van der Waals surface area contributed by atoms with Crippen molar-refractivity contribution in [3.8, 4) is 5.75 Å². The van der Waals surface area contributed by atoms with E-state index in [1.807, 2.05) is 55.4 Å². The number of ether oxygens (including phenoxy) is 2. The average molecular weight is 414 g/mol. The lowest BCUT2D eigenvalue weighted by atomic mass is 10.0. The van der Waals surface area contributed by atoms with Crippen LogP contribution >= 0.6 is 0 Å². The summed E-state index contributed by atoms with van der Waals surface area (Å²) >= 11 is 0. The van der Waals surface area contributed by atoms with Crippen molar-refractivity contribution in [2.24, 2.45) is 0 Å². The summed E-state index contributed by atoms with van der Waals surface area (Å²) in [7, 11) is 3.80. The van der Waals surface area contributed by atoms with E-state index >= 15 is 0 Å². The number of carboxylic acids is 1. The fraction of sp³-hybridized carbons (Fsp3) is 0.417. The van der Waals surface area contributed by atoms with Gasteiger partial charge in [0.15, 0.2) is 0 Å². The molecule has 1 unspecified atom stereocenters. The van der Waals surface area contributed by atoms with Crippen molar-refractivity contribution in [2.45, 2.75) is 38.2 Å². The smallest absolute Gasteiger partial charge is 0.306 e. The number of aryl methyl sites for hydroxylation is 2. The van der Waals surface area contributed by atoms with Crippen LogP contribution in [0, 0.1) is 0 Å². The van der Waals surface area contributed by atoms with E-state index in [0.29, 0.717) is 6.54 Å². The first-order valence-electron chi connectivity index (χ1n) is 10.2. The fourth-order valence-corrected chi connectivity index (χ4v) is 3.12. The van der Waals surface area contributed by atoms with Gasteiger partial charge in [-0.15, -0.1) is 0 Å². The summed E-state index contributed by atoms with van der Waals surface area (Å²) in [6.45, 7) is 0.766. The molecule has 0 fully saturated rings. The van der Waals surface area contributed by atoms with E-state index in [1.54, 1.807) is 0 Å². The number of rotatable bonds is 13. The minimum Gasteiger partial charge on any atom is -0.489 e. The highest BCUT2D eigenvalue weighted by molar-refractivity contribution is 5.71. The van der Waals surface area contributed by atoms with Crippen LogP contribution in [0.15, 0.2) is 54.6 Å². The van der Waals surface area contributed by atoms with Crippen LogP contribution in [0.4, 0.5) is 0 Å². The van der Waals surface area contributed by atoms with Gasteiger partial charge in [0, 0.05) is 19.4 Å². The van der Waals surface area contributed by atoms with Crippen molar-refractivity contribution in [3.63, 3.8) is 0 Å². The average Bonchev–Trinajstić information content (AvgIpc) is 2.71. The van der Waals surface area contributed by atoms with E-state index in [4.69, 9.17) is 14.6 Å². The molecule has 0 amide bonds. The molecular formula is C24H31NO5. The Hall–Kier alpha value is -2.86. The molecule has 0 saturated heterocycles. The molecule has 6 heteroatoms. The third kappa shape index (κ3) is 9.09. The summed E-state index contributed by atoms with van der Waals surface area (Å²) in [4.78, 5) is 24.6. The molecule has 2 aromatic carbocycles. The molecule has 1 N–H and O–H groups in total. The SMILES string of the molecule is CN(C)CC(COc1ccccc1CCc1ccccc1)OC(=O)CCCC(=O)O. The Labute approximate surface area is 178 Å². The van der Waals surface area contributed by atoms with Gasteiger partial charge in [0.25, 0.3) is 0 Å². The van der Waals surface area contributed by atoms with Crippen LogP contribution in [0.2, 0.25) is 0 Å². The van der Waals surface area contributed by atoms with Crippen LogP contribution in [0.3, 0.4) is 0 Å². The van der Waals surface area contributed by atoms with Crippen molar-refractivity contribution >= 4 is 11.9 Å². The molecule has 0 heterocycles. The lowest BCUT2D eigenvalue weighted by Crippen LogP contribution is -2.35. The zero-order chi connectivity index (χ0) is 21.8. The Morgan fingerprint density at radius 1 is 0.967 bits per heavy atom. The summed E-state index contributed by atoms with van der Waals surface area (Å²) in [6, 6.07) is 18.2. The van der Waals surface area contributed by atoms with Gasteiger partial charge in [-0.05, 0) is 50.6 Å². The highest BCUT2D eigenvalue weighted by Gasteiger charge is 2.17. The third-order valence-electron chi connectivity index (χ3n) is 4.56. The number of carbonyl (C=O) groups is 2. The lowest BCUT2D eigenvalue weighted by molar-refractivity contribution is -0.151. The zero-order valence-corrected chi connectivity index (χ0v) is 17.8. The van der Waals surface area contributed by atoms with Crippen molar-refractivity contribution < 1.29 is 24.2 Å². The largest absolute Gasteiger partial charge is 0.489 e. The normalized spacial score (nSPS) is 11.8. The van der Waals surface area contributed by atoms with Gasteiger partial charge in [-0.2, -0.15) is 0 Å². The molecule has 0 aromatic heterocycles. The molecule has 0 bridgehead atoms. The number of nitrogens with zero attached hydrogens (tertiary/aromatic N) is 1. The summed E-state index contributed by atoms with van der Waals surface area (Å²) in [5.41, 5.74) is 2.38. The van der Waals surface area contributed by atoms with E-state index in [-0.39, 0.29) is 25.9 Å². The maximum atomic E-state index is 12.1. The number of hydrogen-bond acceptors (Lipinski definition) is 5. The Morgan fingerprint density at radius 2 is 1.67 bits per heavy atom. The van der Waals surface area contributed by atoms with Gasteiger partial charge < -0.3 is 19.5 Å². The number of para-hydroxylation sites is 1. The van der Waals surface area contributed by atoms with Gasteiger partial charge in [-0.3, -0.25) is 9.59 Å². The highest BCUT2D eigenvalue weighted by Crippen LogP contribution is 2.21. The predicted octanol–water partition coefficient (Wildman–Crippen LogP) is 3.58. The van der Waals surface area contributed by atoms with Gasteiger partial charge in [0.05, 0.1) is 0 Å². The minimum absolute atomic E-state index is 0.0429. The van der Waals surface area contributed by atoms with Gasteiger partial charge in [0.1, 0.15) is 18.5 Å². The number of likely N-dealkylation sites (N-methyl/N-ethyl adjacent to an activating group) is 1. The quantitative estimate of drug-likeness (QED) is 0.506. The number of esters is 1. The highest BCUT2D eigenvalue weighted by atomic mass is 16.6. The van der Waals surface area contributed by atoms with Crippen molar-refractivity contribution in [1.29, 1.82) is 0 Å². The van der Waals surface area contributed by atoms with Gasteiger partial charge >= 0.3 is 11.9 Å². The van der Waals surface area contributed by atoms with E-state index < -0.39 is 18.0 Å². The van der Waals surface area contributed by atoms with Gasteiger partial charge in [-0.25, -0.2) is 0 Å². The van der Waals surface area contributed by atoms with Gasteiger partial charge in [-0.1, -0.05) is 48.5 Å². The standard InChI is InChI=1S/C24H31NO5/c1-25(2)17-21(30-24(28)14-8-13-23(26)27)18-29-22-12-7-6-11-20(22)16-15-19-9-4-3-5-10-19/h3-7,9-12,21H,8,13-18H2,1-2H3,(H,26,27). The van der Waals surface area contributed by atoms with Crippen LogP contribution in [-0.2, 0) is 27.2 Å². The molecule has 162 valence electrons. The predicted molar refractivity (Wildman–Crippen MR) is 116 cm³/mol. The molecule has 0 aliphatic carbocycles. The first-order chi connectivity index (χ1) is 14.4. The second-order valence-electron chi connectivity index (χ2n) is 7.53. The molecule has 0 saturated carbocycles. The summed E-state index contributed by atoms with van der Waals surface area (Å²) in [5, 5.41) is 8.70. The van der Waals surface area contributed by atoms with Crippen LogP contribution in [-0.4, -0.2) is 55.3 Å². The Kier molecular flexibility index (Phi) is 9.87. The van der Waals surface area contributed by atoms with Gasteiger partial charge in [0.2, 0.25) is 0 Å². The first kappa shape index (κ1) is 23.4. The molecule has 0 spiro atoms. The van der Waals surface area contributed by atoms with Crippen LogP contribution in [0.25, 0.3) is 0 Å². The number of benzene rings is 2. The van der Waals surface area contributed by atoms with Crippen molar-refractivity contribution in [1.82, 2.24) is 4.90 Å². The van der Waals surface area contributed by atoms with Crippen LogP contribution in [0.5, 0.6) is 5.75 Å². The van der Waals surface area contributed by atoms with Crippen molar-refractivity contribution in [3.05, 3.63) is 65.7 Å². The Morgan fingerprint density at radius 3 is 2.37 bits per heavy atom. The molecule has 6 nitrogen and oxygen atoms in total. The molecule has 0 aliphatic heterocycles. The minimum atomic E-state index is -0.914. The molecule has 0 radical (unpaired) electrons. The second kappa shape index (κ2) is 12.6. The monoisotopic (exact) mass is 413 g/mol. The maximum absolute atomic E-state index is 12.1. The molecule has 2 aromatic rings. The first-order valence-corrected chi connectivity index (χ1v) is 10.2. The number of aliphatic carboxylic acids is 1. The summed E-state index contributed by atoms with van der Waals surface area (Å²) in [5.74, 6) is -0.522. The van der Waals surface area contributed by atoms with E-state index in [0.717, 1.165) is 24.2 Å². The molecule has 0 aliphatic rings. The Bertz CT molecular complexity index is 791. The Balaban J connectivity index is 1.92. The molecule has 30 heavy (non-hydrogen) atoms. The molecule has 2 rings (SSSR count). The summed E-state index contributed by atoms with van der Waals surface area (Å²) in [6.07, 6.45) is 1.66. The second-order valence-corrected chi connectivity index (χ2v) is 7.53. The molecular weight excluding hydrogens is 382 g/mol. The molecule has 1 atom stereocenters. The topological polar surface area (TPSA) is 76.1 Å². The van der Waals surface area contributed by atoms with E-state index in [9.17, 15) is 9.59 Å². The zero-order valence-electron chi connectivity index (χ0n) is 17.8. The van der Waals surface area contributed by atoms with Crippen molar-refractivity contribution in [2.75, 3.05) is 27.2 Å². The third-order valence-corrected chi connectivity index (χ3v) is 4.56. The number of hydrogen-bond donors (Lipinski definition) is 1. The van der Waals surface area contributed by atoms with E-state index in [1.165, 1.54) is 5.56 Å². The lowest BCUT2D eigenvalue weighted by Gasteiger charge is -2.22. The summed E-state index contributed by atoms with van der Waals surface area (Å²) < 4.78 is 11.6.